The first-order chi connectivity index (χ1) is 13.9. The van der Waals surface area contributed by atoms with Crippen molar-refractivity contribution in [2.75, 3.05) is 7.11 Å². The van der Waals surface area contributed by atoms with Gasteiger partial charge in [0.25, 0.3) is 5.91 Å². The smallest absolute Gasteiger partial charge is 0.319 e. The number of carbonyl (C=O) groups excluding carboxylic acids is 2. The molecule has 0 aliphatic heterocycles. The summed E-state index contributed by atoms with van der Waals surface area (Å²) in [5, 5.41) is 20.2. The lowest BCUT2D eigenvalue weighted by Crippen LogP contribution is -2.35. The fraction of sp³-hybridized carbons (Fsp3) is 0.100. The van der Waals surface area contributed by atoms with Crippen molar-refractivity contribution in [3.8, 4) is 23.6 Å². The molecule has 0 spiro atoms. The number of urea groups is 1. The van der Waals surface area contributed by atoms with E-state index in [4.69, 9.17) is 20.5 Å². The van der Waals surface area contributed by atoms with Crippen LogP contribution in [0.15, 0.2) is 42.0 Å². The van der Waals surface area contributed by atoms with Crippen LogP contribution in [0.1, 0.15) is 16.7 Å². The fourth-order valence-electron chi connectivity index (χ4n) is 2.36. The Bertz CT molecular complexity index is 1070. The Morgan fingerprint density at radius 2 is 2.00 bits per heavy atom. The summed E-state index contributed by atoms with van der Waals surface area (Å²) in [6, 6.07) is 13.1. The zero-order valence-corrected chi connectivity index (χ0v) is 17.4. The fourth-order valence-corrected chi connectivity index (χ4v) is 3.14. The van der Waals surface area contributed by atoms with Crippen LogP contribution in [0.2, 0.25) is 0 Å². The number of nitrogens with two attached hydrogens (primary N) is 1. The Balaban J connectivity index is 2.33. The van der Waals surface area contributed by atoms with Gasteiger partial charge in [-0.3, -0.25) is 10.1 Å². The number of benzene rings is 2. The van der Waals surface area contributed by atoms with Crippen molar-refractivity contribution in [1.29, 1.82) is 10.5 Å². The zero-order valence-electron chi connectivity index (χ0n) is 15.2. The number of primary amides is 1. The Labute approximate surface area is 180 Å². The quantitative estimate of drug-likeness (QED) is 0.354. The van der Waals surface area contributed by atoms with Crippen molar-refractivity contribution in [1.82, 2.24) is 5.32 Å². The van der Waals surface area contributed by atoms with E-state index in [0.717, 1.165) is 5.56 Å². The number of nitriles is 2. The van der Waals surface area contributed by atoms with E-state index >= 15 is 0 Å². The minimum atomic E-state index is -1.05. The number of hydrogen-bond donors (Lipinski definition) is 2. The van der Waals surface area contributed by atoms with E-state index < -0.39 is 11.9 Å². The van der Waals surface area contributed by atoms with Crippen LogP contribution in [-0.4, -0.2) is 19.0 Å². The maximum atomic E-state index is 11.8. The monoisotopic (exact) mass is 502 g/mol. The molecule has 2 aromatic rings. The van der Waals surface area contributed by atoms with Gasteiger partial charge in [0, 0.05) is 5.56 Å². The predicted octanol–water partition coefficient (Wildman–Crippen LogP) is 2.85. The van der Waals surface area contributed by atoms with Crippen molar-refractivity contribution in [2.45, 2.75) is 6.61 Å². The van der Waals surface area contributed by atoms with E-state index in [0.29, 0.717) is 26.2 Å². The number of amides is 3. The largest absolute Gasteiger partial charge is 0.493 e. The average molecular weight is 502 g/mol. The first-order valence-corrected chi connectivity index (χ1v) is 9.18. The van der Waals surface area contributed by atoms with Crippen LogP contribution in [0.4, 0.5) is 4.79 Å². The molecule has 2 aromatic carbocycles. The average Bonchev–Trinajstić information content (AvgIpc) is 2.70. The third kappa shape index (κ3) is 5.70. The van der Waals surface area contributed by atoms with Gasteiger partial charge in [0.05, 0.1) is 22.3 Å². The van der Waals surface area contributed by atoms with Crippen molar-refractivity contribution in [3.05, 3.63) is 62.2 Å². The standard InChI is InChI=1S/C20H15IN4O4/c1-28-17-8-12(6-15(10-23)19(26)25-20(24)27)7-16(21)18(17)29-11-14-5-3-2-4-13(14)9-22/h2-8H,11H2,1H3,(H3,24,25,26,27)/b15-6-. The number of halogens is 1. The number of rotatable bonds is 6. The van der Waals surface area contributed by atoms with Gasteiger partial charge in [-0.25, -0.2) is 4.79 Å². The molecule has 0 aromatic heterocycles. The normalized spacial score (nSPS) is 10.4. The third-order valence-electron chi connectivity index (χ3n) is 3.67. The summed E-state index contributed by atoms with van der Waals surface area (Å²) in [6.07, 6.45) is 1.30. The molecule has 0 radical (unpaired) electrons. The highest BCUT2D eigenvalue weighted by molar-refractivity contribution is 14.1. The summed E-state index contributed by atoms with van der Waals surface area (Å²) in [6.45, 7) is 0.162. The highest BCUT2D eigenvalue weighted by Gasteiger charge is 2.15. The molecule has 146 valence electrons. The second-order valence-corrected chi connectivity index (χ2v) is 6.74. The first kappa shape index (κ1) is 21.7. The molecule has 3 amide bonds. The highest BCUT2D eigenvalue weighted by atomic mass is 127. The van der Waals surface area contributed by atoms with Crippen molar-refractivity contribution in [3.63, 3.8) is 0 Å². The molecule has 8 nitrogen and oxygen atoms in total. The van der Waals surface area contributed by atoms with Crippen LogP contribution in [-0.2, 0) is 11.4 Å². The minimum absolute atomic E-state index is 0.162. The number of ether oxygens (including phenoxy) is 2. The van der Waals surface area contributed by atoms with Gasteiger partial charge in [0.1, 0.15) is 18.2 Å². The lowest BCUT2D eigenvalue weighted by Gasteiger charge is -2.14. The van der Waals surface area contributed by atoms with Crippen molar-refractivity contribution >= 4 is 40.6 Å². The third-order valence-corrected chi connectivity index (χ3v) is 4.48. The van der Waals surface area contributed by atoms with Crippen LogP contribution in [0, 0.1) is 26.2 Å². The molecular formula is C20H15IN4O4. The molecule has 0 aliphatic rings. The van der Waals surface area contributed by atoms with Crippen LogP contribution in [0.25, 0.3) is 6.08 Å². The summed E-state index contributed by atoms with van der Waals surface area (Å²) in [5.74, 6) is -0.0642. The molecule has 29 heavy (non-hydrogen) atoms. The lowest BCUT2D eigenvalue weighted by atomic mass is 10.1. The van der Waals surface area contributed by atoms with E-state index in [1.54, 1.807) is 36.4 Å². The van der Waals surface area contributed by atoms with Crippen LogP contribution >= 0.6 is 22.6 Å². The molecule has 2 rings (SSSR count). The molecule has 3 N–H and O–H groups in total. The van der Waals surface area contributed by atoms with Crippen LogP contribution in [0.5, 0.6) is 11.5 Å². The maximum Gasteiger partial charge on any atom is 0.319 e. The van der Waals surface area contributed by atoms with Crippen LogP contribution in [0.3, 0.4) is 0 Å². The van der Waals surface area contributed by atoms with Gasteiger partial charge in [-0.05, 0) is 52.4 Å². The molecule has 0 saturated heterocycles. The highest BCUT2D eigenvalue weighted by Crippen LogP contribution is 2.35. The van der Waals surface area contributed by atoms with E-state index in [-0.39, 0.29) is 12.2 Å². The minimum Gasteiger partial charge on any atom is -0.493 e. The van der Waals surface area contributed by atoms with Gasteiger partial charge >= 0.3 is 6.03 Å². The number of carbonyl (C=O) groups is 2. The number of methoxy groups -OCH3 is 1. The Morgan fingerprint density at radius 3 is 2.62 bits per heavy atom. The first-order valence-electron chi connectivity index (χ1n) is 8.10. The Kier molecular flexibility index (Phi) is 7.57. The summed E-state index contributed by atoms with van der Waals surface area (Å²) in [5.41, 5.74) is 6.35. The topological polar surface area (TPSA) is 138 Å². The zero-order chi connectivity index (χ0) is 21.4. The summed E-state index contributed by atoms with van der Waals surface area (Å²) in [4.78, 5) is 22.6. The molecule has 9 heteroatoms. The molecule has 0 aliphatic carbocycles. The van der Waals surface area contributed by atoms with E-state index in [1.165, 1.54) is 13.2 Å². The van der Waals surface area contributed by atoms with Crippen molar-refractivity contribution in [2.24, 2.45) is 5.73 Å². The summed E-state index contributed by atoms with van der Waals surface area (Å²) < 4.78 is 11.9. The van der Waals surface area contributed by atoms with Gasteiger partial charge in [-0.15, -0.1) is 0 Å². The molecule has 0 fully saturated rings. The van der Waals surface area contributed by atoms with Crippen molar-refractivity contribution < 1.29 is 19.1 Å². The van der Waals surface area contributed by atoms with E-state index in [1.807, 2.05) is 34.0 Å². The van der Waals surface area contributed by atoms with Gasteiger partial charge in [-0.2, -0.15) is 10.5 Å². The summed E-state index contributed by atoms with van der Waals surface area (Å²) in [7, 11) is 1.46. The molecule has 0 bridgehead atoms. The van der Waals surface area contributed by atoms with Gasteiger partial charge in [0.15, 0.2) is 11.5 Å². The second-order valence-electron chi connectivity index (χ2n) is 5.58. The van der Waals surface area contributed by atoms with E-state index in [9.17, 15) is 14.9 Å². The Morgan fingerprint density at radius 1 is 1.28 bits per heavy atom. The number of imide groups is 1. The van der Waals surface area contributed by atoms with Gasteiger partial charge < -0.3 is 15.2 Å². The number of hydrogen-bond acceptors (Lipinski definition) is 6. The molecular weight excluding hydrogens is 487 g/mol. The van der Waals surface area contributed by atoms with Crippen LogP contribution < -0.4 is 20.5 Å². The summed E-state index contributed by atoms with van der Waals surface area (Å²) >= 11 is 2.03. The molecule has 0 unspecified atom stereocenters. The molecule has 0 atom stereocenters. The maximum absolute atomic E-state index is 11.8. The second kappa shape index (κ2) is 10.1. The molecule has 0 saturated carbocycles. The van der Waals surface area contributed by atoms with Gasteiger partial charge in [0.2, 0.25) is 0 Å². The molecule has 0 heterocycles. The lowest BCUT2D eigenvalue weighted by molar-refractivity contribution is -0.115. The van der Waals surface area contributed by atoms with E-state index in [2.05, 4.69) is 6.07 Å². The predicted molar refractivity (Wildman–Crippen MR) is 113 cm³/mol. The number of nitrogens with one attached hydrogen (secondary N) is 1. The SMILES string of the molecule is COc1cc(/C=C(/C#N)C(=O)NC(N)=O)cc(I)c1OCc1ccccc1C#N. The number of nitrogens with zero attached hydrogens (tertiary/aromatic N) is 2. The van der Waals surface area contributed by atoms with Gasteiger partial charge in [-0.1, -0.05) is 18.2 Å². The Hall–Kier alpha value is -3.57.